The van der Waals surface area contributed by atoms with Crippen LogP contribution in [0.3, 0.4) is 0 Å². The molecule has 0 unspecified atom stereocenters. The number of amides is 1. The number of carbonyl (C=O) groups is 1. The summed E-state index contributed by atoms with van der Waals surface area (Å²) in [5, 5.41) is 4.97. The van der Waals surface area contributed by atoms with Crippen LogP contribution in [0, 0.1) is 6.92 Å². The summed E-state index contributed by atoms with van der Waals surface area (Å²) >= 11 is 7.53. The molecule has 3 heterocycles. The summed E-state index contributed by atoms with van der Waals surface area (Å²) in [5.74, 6) is 0.239. The number of aromatic nitrogens is 3. The van der Waals surface area contributed by atoms with E-state index >= 15 is 0 Å². The number of hydrogen-bond acceptors (Lipinski definition) is 4. The monoisotopic (exact) mass is 318 g/mol. The van der Waals surface area contributed by atoms with Crippen LogP contribution in [0.25, 0.3) is 11.0 Å². The van der Waals surface area contributed by atoms with E-state index in [1.165, 1.54) is 17.4 Å². The fourth-order valence-electron chi connectivity index (χ4n) is 1.79. The van der Waals surface area contributed by atoms with E-state index in [1.54, 1.807) is 18.3 Å². The van der Waals surface area contributed by atoms with E-state index in [1.807, 2.05) is 29.0 Å². The zero-order chi connectivity index (χ0) is 14.8. The molecule has 0 aliphatic rings. The number of nitrogens with one attached hydrogen (secondary N) is 1. The molecule has 21 heavy (non-hydrogen) atoms. The maximum absolute atomic E-state index is 11.9. The van der Waals surface area contributed by atoms with E-state index < -0.39 is 0 Å². The lowest BCUT2D eigenvalue weighted by molar-refractivity contribution is -0.111. The van der Waals surface area contributed by atoms with Gasteiger partial charge >= 0.3 is 0 Å². The zero-order valence-electron chi connectivity index (χ0n) is 11.1. The van der Waals surface area contributed by atoms with Crippen molar-refractivity contribution in [3.05, 3.63) is 52.4 Å². The summed E-state index contributed by atoms with van der Waals surface area (Å²) < 4.78 is 1.83. The van der Waals surface area contributed by atoms with E-state index in [0.717, 1.165) is 10.5 Å². The van der Waals surface area contributed by atoms with Gasteiger partial charge in [0, 0.05) is 23.8 Å². The van der Waals surface area contributed by atoms with Crippen LogP contribution in [0.4, 0.5) is 5.82 Å². The van der Waals surface area contributed by atoms with Crippen molar-refractivity contribution in [3.63, 3.8) is 0 Å². The summed E-state index contributed by atoms with van der Waals surface area (Å²) in [5.41, 5.74) is 1.72. The van der Waals surface area contributed by atoms with Gasteiger partial charge in [0.2, 0.25) is 5.91 Å². The van der Waals surface area contributed by atoms with Crippen LogP contribution in [0.1, 0.15) is 11.3 Å². The van der Waals surface area contributed by atoms with Crippen molar-refractivity contribution < 1.29 is 4.79 Å². The van der Waals surface area contributed by atoms with Crippen LogP contribution in [0.5, 0.6) is 0 Å². The first-order valence-corrected chi connectivity index (χ1v) is 7.42. The minimum atomic E-state index is -0.271. The van der Waals surface area contributed by atoms with Gasteiger partial charge in [-0.1, -0.05) is 17.7 Å². The first kappa shape index (κ1) is 13.8. The number of carbonyl (C=O) groups excluding carboxylic acids is 1. The topological polar surface area (TPSA) is 59.3 Å². The van der Waals surface area contributed by atoms with Gasteiger partial charge in [-0.25, -0.2) is 9.97 Å². The van der Waals surface area contributed by atoms with Crippen molar-refractivity contribution in [3.8, 4) is 0 Å². The Morgan fingerprint density at radius 1 is 1.48 bits per heavy atom. The largest absolute Gasteiger partial charge is 0.307 e. The van der Waals surface area contributed by atoms with Gasteiger partial charge in [0.1, 0.15) is 5.82 Å². The molecule has 7 heteroatoms. The third-order valence-corrected chi connectivity index (χ3v) is 3.84. The summed E-state index contributed by atoms with van der Waals surface area (Å²) in [4.78, 5) is 21.0. The lowest BCUT2D eigenvalue weighted by Gasteiger charge is -2.00. The Balaban J connectivity index is 1.76. The predicted octanol–water partition coefficient (Wildman–Crippen LogP) is 3.40. The summed E-state index contributed by atoms with van der Waals surface area (Å²) in [6, 6.07) is 3.64. The number of rotatable bonds is 3. The van der Waals surface area contributed by atoms with Crippen LogP contribution in [0.2, 0.25) is 5.15 Å². The molecule has 0 aliphatic carbocycles. The number of imidazole rings is 1. The molecule has 1 N–H and O–H groups in total. The van der Waals surface area contributed by atoms with Crippen molar-refractivity contribution in [2.75, 3.05) is 5.32 Å². The Labute approximate surface area is 129 Å². The molecule has 0 saturated heterocycles. The van der Waals surface area contributed by atoms with E-state index in [4.69, 9.17) is 11.6 Å². The van der Waals surface area contributed by atoms with E-state index in [-0.39, 0.29) is 5.91 Å². The maximum atomic E-state index is 11.9. The second kappa shape index (κ2) is 5.67. The second-order valence-electron chi connectivity index (χ2n) is 4.39. The highest BCUT2D eigenvalue weighted by atomic mass is 35.5. The molecule has 0 spiro atoms. The Morgan fingerprint density at radius 2 is 2.33 bits per heavy atom. The van der Waals surface area contributed by atoms with Gasteiger partial charge in [-0.2, -0.15) is 0 Å². The molecule has 0 fully saturated rings. The van der Waals surface area contributed by atoms with Crippen LogP contribution >= 0.6 is 22.9 Å². The molecule has 0 aromatic carbocycles. The quantitative estimate of drug-likeness (QED) is 0.753. The van der Waals surface area contributed by atoms with Crippen LogP contribution in [-0.2, 0) is 4.79 Å². The molecule has 0 aliphatic heterocycles. The molecule has 3 aromatic rings. The molecule has 5 nitrogen and oxygen atoms in total. The maximum Gasteiger partial charge on any atom is 0.249 e. The van der Waals surface area contributed by atoms with E-state index in [0.29, 0.717) is 16.7 Å². The van der Waals surface area contributed by atoms with Gasteiger partial charge in [-0.05, 0) is 24.6 Å². The molecule has 3 rings (SSSR count). The molecule has 0 bridgehead atoms. The van der Waals surface area contributed by atoms with Crippen molar-refractivity contribution >= 4 is 45.7 Å². The van der Waals surface area contributed by atoms with E-state index in [2.05, 4.69) is 15.3 Å². The average molecular weight is 319 g/mol. The number of nitrogens with zero attached hydrogens (tertiary/aromatic N) is 3. The number of thiazole rings is 1. The number of fused-ring (bicyclic) bond motifs is 1. The SMILES string of the molecule is Cc1ccc(NC(=O)/C=C/c2c(Cl)nc3sccn23)nc1. The van der Waals surface area contributed by atoms with E-state index in [9.17, 15) is 4.79 Å². The van der Waals surface area contributed by atoms with Gasteiger partial charge in [0.25, 0.3) is 0 Å². The highest BCUT2D eigenvalue weighted by molar-refractivity contribution is 7.15. The van der Waals surface area contributed by atoms with Gasteiger partial charge in [0.15, 0.2) is 10.1 Å². The Kier molecular flexibility index (Phi) is 3.72. The average Bonchev–Trinajstić information content (AvgIpc) is 3.00. The fourth-order valence-corrected chi connectivity index (χ4v) is 2.80. The van der Waals surface area contributed by atoms with Crippen LogP contribution in [-0.4, -0.2) is 20.3 Å². The fraction of sp³-hybridized carbons (Fsp3) is 0.0714. The number of halogens is 1. The first-order chi connectivity index (χ1) is 10.1. The number of pyridine rings is 1. The zero-order valence-corrected chi connectivity index (χ0v) is 12.6. The number of aryl methyl sites for hydroxylation is 1. The standard InChI is InChI=1S/C14H11ClN4OS/c1-9-2-4-11(16-8-9)17-12(20)5-3-10-13(15)18-14-19(10)6-7-21-14/h2-8H,1H3,(H,16,17,20)/b5-3+. The summed E-state index contributed by atoms with van der Waals surface area (Å²) in [6.45, 7) is 1.94. The Bertz CT molecular complexity index is 819. The number of hydrogen-bond donors (Lipinski definition) is 1. The molecule has 1 amide bonds. The molecule has 0 atom stereocenters. The van der Waals surface area contributed by atoms with Crippen LogP contribution in [0.15, 0.2) is 36.0 Å². The van der Waals surface area contributed by atoms with Crippen molar-refractivity contribution in [2.24, 2.45) is 0 Å². The third kappa shape index (κ3) is 2.96. The minimum absolute atomic E-state index is 0.271. The lowest BCUT2D eigenvalue weighted by Crippen LogP contribution is -2.09. The van der Waals surface area contributed by atoms with Crippen molar-refractivity contribution in [1.29, 1.82) is 0 Å². The minimum Gasteiger partial charge on any atom is -0.307 e. The molecule has 3 aromatic heterocycles. The Morgan fingerprint density at radius 3 is 3.10 bits per heavy atom. The Hall–Kier alpha value is -2.18. The molecule has 0 saturated carbocycles. The first-order valence-electron chi connectivity index (χ1n) is 6.16. The normalized spacial score (nSPS) is 11.3. The highest BCUT2D eigenvalue weighted by Crippen LogP contribution is 2.22. The lowest BCUT2D eigenvalue weighted by atomic mass is 10.3. The molecule has 106 valence electrons. The third-order valence-electron chi connectivity index (χ3n) is 2.81. The van der Waals surface area contributed by atoms with Crippen molar-refractivity contribution in [1.82, 2.24) is 14.4 Å². The van der Waals surface area contributed by atoms with Gasteiger partial charge < -0.3 is 5.32 Å². The highest BCUT2D eigenvalue weighted by Gasteiger charge is 2.08. The predicted molar refractivity (Wildman–Crippen MR) is 84.7 cm³/mol. The van der Waals surface area contributed by atoms with Crippen molar-refractivity contribution in [2.45, 2.75) is 6.92 Å². The van der Waals surface area contributed by atoms with Crippen LogP contribution < -0.4 is 5.32 Å². The van der Waals surface area contributed by atoms with Gasteiger partial charge in [0.05, 0.1) is 5.69 Å². The summed E-state index contributed by atoms with van der Waals surface area (Å²) in [6.07, 6.45) is 6.60. The number of anilines is 1. The molecular formula is C14H11ClN4OS. The summed E-state index contributed by atoms with van der Waals surface area (Å²) in [7, 11) is 0. The molecular weight excluding hydrogens is 308 g/mol. The second-order valence-corrected chi connectivity index (χ2v) is 5.62. The van der Waals surface area contributed by atoms with Gasteiger partial charge in [-0.15, -0.1) is 11.3 Å². The smallest absolute Gasteiger partial charge is 0.249 e. The molecule has 0 radical (unpaired) electrons. The van der Waals surface area contributed by atoms with Gasteiger partial charge in [-0.3, -0.25) is 9.20 Å².